The van der Waals surface area contributed by atoms with Gasteiger partial charge in [0.1, 0.15) is 0 Å². The highest BCUT2D eigenvalue weighted by Crippen LogP contribution is 2.36. The molecule has 0 saturated heterocycles. The quantitative estimate of drug-likeness (QED) is 0.782. The zero-order chi connectivity index (χ0) is 14.3. The fraction of sp³-hybridized carbons (Fsp3) is 0.600. The van der Waals surface area contributed by atoms with Gasteiger partial charge in [-0.15, -0.1) is 0 Å². The first-order valence-electron chi connectivity index (χ1n) is 6.89. The number of methoxy groups -OCH3 is 1. The van der Waals surface area contributed by atoms with Crippen LogP contribution in [0.2, 0.25) is 5.02 Å². The molecule has 1 rings (SSSR count). The van der Waals surface area contributed by atoms with E-state index in [1.807, 2.05) is 6.07 Å². The van der Waals surface area contributed by atoms with Crippen molar-refractivity contribution in [1.29, 1.82) is 0 Å². The number of rotatable bonds is 8. The predicted molar refractivity (Wildman–Crippen MR) is 80.4 cm³/mol. The van der Waals surface area contributed by atoms with Gasteiger partial charge >= 0.3 is 0 Å². The molecule has 4 heteroatoms. The summed E-state index contributed by atoms with van der Waals surface area (Å²) in [5.74, 6) is 1.51. The van der Waals surface area contributed by atoms with E-state index in [0.717, 1.165) is 37.2 Å². The average molecular weight is 286 g/mol. The smallest absolute Gasteiger partial charge is 0.166 e. The fourth-order valence-electron chi connectivity index (χ4n) is 1.92. The lowest BCUT2D eigenvalue weighted by atomic mass is 10.1. The summed E-state index contributed by atoms with van der Waals surface area (Å²) in [6.45, 7) is 7.95. The molecule has 0 aliphatic rings. The van der Waals surface area contributed by atoms with Crippen LogP contribution in [0.3, 0.4) is 0 Å². The molecule has 0 aliphatic heterocycles. The minimum Gasteiger partial charge on any atom is -0.493 e. The van der Waals surface area contributed by atoms with E-state index in [9.17, 15) is 0 Å². The Balaban J connectivity index is 3.07. The van der Waals surface area contributed by atoms with Crippen molar-refractivity contribution in [3.05, 3.63) is 22.7 Å². The van der Waals surface area contributed by atoms with Gasteiger partial charge in [-0.05, 0) is 25.5 Å². The van der Waals surface area contributed by atoms with Crippen molar-refractivity contribution in [3.8, 4) is 11.5 Å². The molecule has 19 heavy (non-hydrogen) atoms. The lowest BCUT2D eigenvalue weighted by Gasteiger charge is -2.21. The zero-order valence-electron chi connectivity index (χ0n) is 12.3. The molecular formula is C15H24ClNO2. The Labute approximate surface area is 121 Å². The minimum absolute atomic E-state index is 0.204. The maximum absolute atomic E-state index is 6.12. The van der Waals surface area contributed by atoms with E-state index >= 15 is 0 Å². The van der Waals surface area contributed by atoms with Crippen LogP contribution < -0.4 is 14.8 Å². The van der Waals surface area contributed by atoms with E-state index < -0.39 is 0 Å². The van der Waals surface area contributed by atoms with Crippen LogP contribution in [0.15, 0.2) is 12.1 Å². The van der Waals surface area contributed by atoms with Gasteiger partial charge in [0.05, 0.1) is 13.2 Å². The van der Waals surface area contributed by atoms with Crippen molar-refractivity contribution in [3.63, 3.8) is 0 Å². The van der Waals surface area contributed by atoms with Gasteiger partial charge in [0.2, 0.25) is 0 Å². The van der Waals surface area contributed by atoms with Gasteiger partial charge in [-0.25, -0.2) is 0 Å². The molecule has 0 radical (unpaired) electrons. The third-order valence-electron chi connectivity index (χ3n) is 3.08. The van der Waals surface area contributed by atoms with E-state index in [0.29, 0.717) is 10.8 Å². The van der Waals surface area contributed by atoms with Crippen molar-refractivity contribution in [2.45, 2.75) is 46.3 Å². The first kappa shape index (κ1) is 16.1. The summed E-state index contributed by atoms with van der Waals surface area (Å²) in [7, 11) is 1.64. The third kappa shape index (κ3) is 4.59. The second-order valence-electron chi connectivity index (χ2n) is 4.43. The normalized spacial score (nSPS) is 10.8. The SMILES string of the molecule is CCNCc1cc(Cl)cc(OC)c1OC(CC)CC. The van der Waals surface area contributed by atoms with Gasteiger partial charge in [0.25, 0.3) is 0 Å². The number of ether oxygens (including phenoxy) is 2. The topological polar surface area (TPSA) is 30.5 Å². The highest BCUT2D eigenvalue weighted by atomic mass is 35.5. The summed E-state index contributed by atoms with van der Waals surface area (Å²) >= 11 is 6.12. The standard InChI is InChI=1S/C15H24ClNO2/c1-5-13(6-2)19-15-11(10-17-7-3)8-12(16)9-14(15)18-4/h8-9,13,17H,5-7,10H2,1-4H3. The summed E-state index contributed by atoms with van der Waals surface area (Å²) in [6.07, 6.45) is 2.15. The van der Waals surface area contributed by atoms with Gasteiger partial charge in [-0.2, -0.15) is 0 Å². The molecule has 0 aliphatic carbocycles. The van der Waals surface area contributed by atoms with Gasteiger partial charge < -0.3 is 14.8 Å². The molecule has 0 amide bonds. The summed E-state index contributed by atoms with van der Waals surface area (Å²) in [5.41, 5.74) is 1.04. The first-order chi connectivity index (χ1) is 9.15. The van der Waals surface area contributed by atoms with E-state index in [1.54, 1.807) is 13.2 Å². The summed E-state index contributed by atoms with van der Waals surface area (Å²) in [4.78, 5) is 0. The van der Waals surface area contributed by atoms with E-state index in [-0.39, 0.29) is 6.10 Å². The summed E-state index contributed by atoms with van der Waals surface area (Å²) in [5, 5.41) is 3.97. The molecule has 0 saturated carbocycles. The molecule has 0 aromatic heterocycles. The summed E-state index contributed by atoms with van der Waals surface area (Å²) in [6, 6.07) is 3.74. The van der Waals surface area contributed by atoms with Crippen molar-refractivity contribution in [2.24, 2.45) is 0 Å². The third-order valence-corrected chi connectivity index (χ3v) is 3.30. The molecule has 0 spiro atoms. The van der Waals surface area contributed by atoms with Gasteiger partial charge in [0.15, 0.2) is 11.5 Å². The van der Waals surface area contributed by atoms with Crippen LogP contribution in [-0.2, 0) is 6.54 Å². The molecular weight excluding hydrogens is 262 g/mol. The number of hydrogen-bond acceptors (Lipinski definition) is 3. The number of benzene rings is 1. The lowest BCUT2D eigenvalue weighted by Crippen LogP contribution is -2.18. The molecule has 0 bridgehead atoms. The Morgan fingerprint density at radius 1 is 1.21 bits per heavy atom. The highest BCUT2D eigenvalue weighted by molar-refractivity contribution is 6.30. The van der Waals surface area contributed by atoms with Gasteiger partial charge in [-0.1, -0.05) is 32.4 Å². The molecule has 0 atom stereocenters. The molecule has 3 nitrogen and oxygen atoms in total. The zero-order valence-corrected chi connectivity index (χ0v) is 13.0. The largest absolute Gasteiger partial charge is 0.493 e. The Kier molecular flexibility index (Phi) is 7.03. The van der Waals surface area contributed by atoms with Crippen molar-refractivity contribution < 1.29 is 9.47 Å². The van der Waals surface area contributed by atoms with Crippen LogP contribution in [-0.4, -0.2) is 19.8 Å². The molecule has 1 N–H and O–H groups in total. The van der Waals surface area contributed by atoms with Gasteiger partial charge in [0, 0.05) is 23.2 Å². The average Bonchev–Trinajstić information content (AvgIpc) is 2.43. The van der Waals surface area contributed by atoms with Crippen LogP contribution in [0.5, 0.6) is 11.5 Å². The Morgan fingerprint density at radius 3 is 2.42 bits per heavy atom. The van der Waals surface area contributed by atoms with Crippen molar-refractivity contribution >= 4 is 11.6 Å². The Morgan fingerprint density at radius 2 is 1.89 bits per heavy atom. The maximum atomic E-state index is 6.12. The van der Waals surface area contributed by atoms with Crippen LogP contribution in [0.1, 0.15) is 39.2 Å². The number of halogens is 1. The Bertz CT molecular complexity index is 392. The van der Waals surface area contributed by atoms with Crippen LogP contribution in [0, 0.1) is 0 Å². The van der Waals surface area contributed by atoms with E-state index in [4.69, 9.17) is 21.1 Å². The lowest BCUT2D eigenvalue weighted by molar-refractivity contribution is 0.182. The first-order valence-corrected chi connectivity index (χ1v) is 7.27. The molecule has 108 valence electrons. The molecule has 0 unspecified atom stereocenters. The molecule has 1 aromatic rings. The van der Waals surface area contributed by atoms with Crippen LogP contribution in [0.4, 0.5) is 0 Å². The van der Waals surface area contributed by atoms with E-state index in [2.05, 4.69) is 26.1 Å². The monoisotopic (exact) mass is 285 g/mol. The minimum atomic E-state index is 0.204. The van der Waals surface area contributed by atoms with Crippen molar-refractivity contribution in [1.82, 2.24) is 5.32 Å². The molecule has 0 fully saturated rings. The second-order valence-corrected chi connectivity index (χ2v) is 4.87. The van der Waals surface area contributed by atoms with Crippen molar-refractivity contribution in [2.75, 3.05) is 13.7 Å². The summed E-state index contributed by atoms with van der Waals surface area (Å²) < 4.78 is 11.5. The molecule has 1 aromatic carbocycles. The van der Waals surface area contributed by atoms with E-state index in [1.165, 1.54) is 0 Å². The fourth-order valence-corrected chi connectivity index (χ4v) is 2.15. The number of nitrogens with one attached hydrogen (secondary N) is 1. The maximum Gasteiger partial charge on any atom is 0.166 e. The van der Waals surface area contributed by atoms with Gasteiger partial charge in [-0.3, -0.25) is 0 Å². The van der Waals surface area contributed by atoms with Crippen LogP contribution >= 0.6 is 11.6 Å². The predicted octanol–water partition coefficient (Wildman–Crippen LogP) is 4.03. The highest BCUT2D eigenvalue weighted by Gasteiger charge is 2.16. The Hall–Kier alpha value is -0.930. The van der Waals surface area contributed by atoms with Crippen LogP contribution in [0.25, 0.3) is 0 Å². The molecule has 0 heterocycles. The second kappa shape index (κ2) is 8.28. The number of hydrogen-bond donors (Lipinski definition) is 1.